The van der Waals surface area contributed by atoms with E-state index in [1.54, 1.807) is 0 Å². The summed E-state index contributed by atoms with van der Waals surface area (Å²) in [5, 5.41) is 11.1. The van der Waals surface area contributed by atoms with Crippen LogP contribution in [-0.4, -0.2) is 44.1 Å². The number of likely N-dealkylation sites (tertiary alicyclic amines) is 1. The Morgan fingerprint density at radius 1 is 1.45 bits per heavy atom. The maximum absolute atomic E-state index is 12.9. The third kappa shape index (κ3) is 2.70. The molecule has 0 bridgehead atoms. The van der Waals surface area contributed by atoms with Gasteiger partial charge in [-0.3, -0.25) is 9.89 Å². The Morgan fingerprint density at radius 2 is 2.27 bits per heavy atom. The fraction of sp³-hybridized carbons (Fsp3) is 0.571. The highest BCUT2D eigenvalue weighted by Crippen LogP contribution is 2.33. The maximum atomic E-state index is 12.9. The van der Waals surface area contributed by atoms with Gasteiger partial charge in [0.2, 0.25) is 0 Å². The van der Waals surface area contributed by atoms with Crippen molar-refractivity contribution in [1.29, 1.82) is 0 Å². The summed E-state index contributed by atoms with van der Waals surface area (Å²) in [6.45, 7) is 7.30. The SMILES string of the molecule is CCNc1nc(C)c(C(=O)N2CCC[C@@H]2c2n[nH]c(C)n2)s1. The molecule has 1 atom stereocenters. The van der Waals surface area contributed by atoms with Gasteiger partial charge in [-0.25, -0.2) is 9.97 Å². The zero-order chi connectivity index (χ0) is 15.7. The van der Waals surface area contributed by atoms with Crippen LogP contribution in [0.4, 0.5) is 5.13 Å². The number of nitrogens with zero attached hydrogens (tertiary/aromatic N) is 4. The van der Waals surface area contributed by atoms with E-state index in [4.69, 9.17) is 0 Å². The quantitative estimate of drug-likeness (QED) is 0.902. The average Bonchev–Trinajstić information content (AvgIpc) is 3.18. The van der Waals surface area contributed by atoms with Crippen LogP contribution in [0.25, 0.3) is 0 Å². The van der Waals surface area contributed by atoms with Crippen LogP contribution in [0.1, 0.15) is 52.8 Å². The normalized spacial score (nSPS) is 18.0. The second-order valence-corrected chi connectivity index (χ2v) is 6.40. The van der Waals surface area contributed by atoms with Crippen LogP contribution in [0, 0.1) is 13.8 Å². The molecule has 3 heterocycles. The number of carbonyl (C=O) groups excluding carboxylic acids is 1. The molecule has 3 rings (SSSR count). The van der Waals surface area contributed by atoms with Gasteiger partial charge in [0.05, 0.1) is 11.7 Å². The van der Waals surface area contributed by atoms with Crippen molar-refractivity contribution in [2.45, 2.75) is 39.7 Å². The van der Waals surface area contributed by atoms with Crippen LogP contribution < -0.4 is 5.32 Å². The number of aromatic amines is 1. The maximum Gasteiger partial charge on any atom is 0.266 e. The standard InChI is InChI=1S/C14H20N6OS/c1-4-15-14-16-8(2)11(22-14)13(21)20-7-5-6-10(20)12-17-9(3)18-19-12/h10H,4-7H2,1-3H3,(H,15,16)(H,17,18,19)/t10-/m1/s1. The number of nitrogens with one attached hydrogen (secondary N) is 2. The molecule has 22 heavy (non-hydrogen) atoms. The van der Waals surface area contributed by atoms with E-state index in [9.17, 15) is 4.79 Å². The molecule has 0 saturated carbocycles. The van der Waals surface area contributed by atoms with Crippen LogP contribution in [0.3, 0.4) is 0 Å². The lowest BCUT2D eigenvalue weighted by Gasteiger charge is -2.21. The van der Waals surface area contributed by atoms with E-state index >= 15 is 0 Å². The zero-order valence-corrected chi connectivity index (χ0v) is 13.8. The summed E-state index contributed by atoms with van der Waals surface area (Å²) in [6.07, 6.45) is 1.88. The largest absolute Gasteiger partial charge is 0.362 e. The number of hydrogen-bond donors (Lipinski definition) is 2. The van der Waals surface area contributed by atoms with Crippen LogP contribution in [0.15, 0.2) is 0 Å². The first-order valence-corrected chi connectivity index (χ1v) is 8.33. The summed E-state index contributed by atoms with van der Waals surface area (Å²) in [7, 11) is 0. The van der Waals surface area contributed by atoms with Gasteiger partial charge in [0.25, 0.3) is 5.91 Å². The molecule has 1 saturated heterocycles. The van der Waals surface area contributed by atoms with Crippen LogP contribution in [0.5, 0.6) is 0 Å². The molecule has 1 aliphatic rings. The Morgan fingerprint density at radius 3 is 2.95 bits per heavy atom. The third-order valence-corrected chi connectivity index (χ3v) is 4.85. The summed E-state index contributed by atoms with van der Waals surface area (Å²) in [6, 6.07) is -0.0402. The molecule has 1 amide bonds. The van der Waals surface area contributed by atoms with Crippen LogP contribution >= 0.6 is 11.3 Å². The van der Waals surface area contributed by atoms with Crippen LogP contribution in [0.2, 0.25) is 0 Å². The minimum absolute atomic E-state index is 0.0316. The number of carbonyl (C=O) groups is 1. The summed E-state index contributed by atoms with van der Waals surface area (Å²) in [5.41, 5.74) is 0.780. The molecule has 0 aromatic carbocycles. The molecule has 0 radical (unpaired) electrons. The predicted octanol–water partition coefficient (Wildman–Crippen LogP) is 2.29. The molecule has 1 aliphatic heterocycles. The summed E-state index contributed by atoms with van der Waals surface area (Å²) < 4.78 is 0. The number of amides is 1. The minimum Gasteiger partial charge on any atom is -0.362 e. The van der Waals surface area contributed by atoms with E-state index in [0.717, 1.165) is 42.6 Å². The monoisotopic (exact) mass is 320 g/mol. The molecule has 1 fully saturated rings. The van der Waals surface area contributed by atoms with E-state index < -0.39 is 0 Å². The molecule has 2 aromatic rings. The highest BCUT2D eigenvalue weighted by atomic mass is 32.1. The molecule has 2 aromatic heterocycles. The average molecular weight is 320 g/mol. The fourth-order valence-corrected chi connectivity index (χ4v) is 3.73. The molecular formula is C14H20N6OS. The summed E-state index contributed by atoms with van der Waals surface area (Å²) in [4.78, 5) is 24.3. The molecule has 8 heteroatoms. The third-order valence-electron chi connectivity index (χ3n) is 3.75. The van der Waals surface area contributed by atoms with E-state index in [0.29, 0.717) is 10.7 Å². The van der Waals surface area contributed by atoms with Crippen molar-refractivity contribution in [3.63, 3.8) is 0 Å². The van der Waals surface area contributed by atoms with E-state index in [1.165, 1.54) is 11.3 Å². The Balaban J connectivity index is 1.84. The molecule has 0 aliphatic carbocycles. The Kier molecular flexibility index (Phi) is 4.10. The number of rotatable bonds is 4. The number of anilines is 1. The van der Waals surface area contributed by atoms with Gasteiger partial charge in [-0.1, -0.05) is 11.3 Å². The molecule has 7 nitrogen and oxygen atoms in total. The van der Waals surface area contributed by atoms with Crippen molar-refractivity contribution < 1.29 is 4.79 Å². The molecule has 118 valence electrons. The fourth-order valence-electron chi connectivity index (χ4n) is 2.74. The first-order valence-electron chi connectivity index (χ1n) is 7.51. The highest BCUT2D eigenvalue weighted by molar-refractivity contribution is 7.17. The minimum atomic E-state index is -0.0402. The van der Waals surface area contributed by atoms with Gasteiger partial charge in [-0.15, -0.1) is 0 Å². The number of aromatic nitrogens is 4. The molecule has 0 unspecified atom stereocenters. The van der Waals surface area contributed by atoms with Crippen molar-refractivity contribution in [2.75, 3.05) is 18.4 Å². The van der Waals surface area contributed by atoms with Crippen molar-refractivity contribution in [1.82, 2.24) is 25.1 Å². The zero-order valence-electron chi connectivity index (χ0n) is 13.0. The summed E-state index contributed by atoms with van der Waals surface area (Å²) >= 11 is 1.42. The first kappa shape index (κ1) is 15.0. The Labute approximate surface area is 133 Å². The lowest BCUT2D eigenvalue weighted by atomic mass is 10.2. The van der Waals surface area contributed by atoms with Crippen molar-refractivity contribution in [3.8, 4) is 0 Å². The topological polar surface area (TPSA) is 86.8 Å². The number of aryl methyl sites for hydroxylation is 2. The number of H-pyrrole nitrogens is 1. The lowest BCUT2D eigenvalue weighted by Crippen LogP contribution is -2.31. The second kappa shape index (κ2) is 6.04. The second-order valence-electron chi connectivity index (χ2n) is 5.40. The van der Waals surface area contributed by atoms with E-state index in [1.807, 2.05) is 25.7 Å². The van der Waals surface area contributed by atoms with Gasteiger partial charge in [0, 0.05) is 13.1 Å². The van der Waals surface area contributed by atoms with Gasteiger partial charge >= 0.3 is 0 Å². The molecule has 2 N–H and O–H groups in total. The van der Waals surface area contributed by atoms with Crippen LogP contribution in [-0.2, 0) is 0 Å². The van der Waals surface area contributed by atoms with Gasteiger partial charge in [-0.2, -0.15) is 5.10 Å². The molecule has 0 spiro atoms. The van der Waals surface area contributed by atoms with E-state index in [-0.39, 0.29) is 11.9 Å². The Bertz CT molecular complexity index is 679. The van der Waals surface area contributed by atoms with Gasteiger partial charge < -0.3 is 10.2 Å². The number of hydrogen-bond acceptors (Lipinski definition) is 6. The Hall–Kier alpha value is -1.96. The van der Waals surface area contributed by atoms with E-state index in [2.05, 4.69) is 25.5 Å². The smallest absolute Gasteiger partial charge is 0.266 e. The lowest BCUT2D eigenvalue weighted by molar-refractivity contribution is 0.0734. The first-order chi connectivity index (χ1) is 10.6. The van der Waals surface area contributed by atoms with Gasteiger partial charge in [0.1, 0.15) is 10.7 Å². The predicted molar refractivity (Wildman–Crippen MR) is 85.1 cm³/mol. The van der Waals surface area contributed by atoms with Gasteiger partial charge in [-0.05, 0) is 33.6 Å². The highest BCUT2D eigenvalue weighted by Gasteiger charge is 2.34. The summed E-state index contributed by atoms with van der Waals surface area (Å²) in [5.74, 6) is 1.51. The number of thiazole rings is 1. The van der Waals surface area contributed by atoms with Crippen molar-refractivity contribution in [2.24, 2.45) is 0 Å². The van der Waals surface area contributed by atoms with Crippen molar-refractivity contribution >= 4 is 22.4 Å². The van der Waals surface area contributed by atoms with Crippen molar-refractivity contribution in [3.05, 3.63) is 22.2 Å². The van der Waals surface area contributed by atoms with Gasteiger partial charge in [0.15, 0.2) is 11.0 Å². The molecular weight excluding hydrogens is 300 g/mol.